The number of unbranched alkanes of at least 4 members (excludes halogenated alkanes) is 3. The van der Waals surface area contributed by atoms with E-state index in [4.69, 9.17) is 9.47 Å². The van der Waals surface area contributed by atoms with Gasteiger partial charge in [0.05, 0.1) is 12.2 Å². The molecular formula is C39H68O6S. The number of rotatable bonds is 14. The van der Waals surface area contributed by atoms with Crippen molar-refractivity contribution < 1.29 is 29.9 Å². The van der Waals surface area contributed by atoms with E-state index in [2.05, 4.69) is 53.3 Å². The molecule has 4 N–H and O–H groups in total. The molecule has 0 bridgehead atoms. The van der Waals surface area contributed by atoms with Crippen LogP contribution in [0.3, 0.4) is 0 Å². The van der Waals surface area contributed by atoms with Gasteiger partial charge in [0, 0.05) is 6.61 Å². The molecule has 4 fully saturated rings. The van der Waals surface area contributed by atoms with Gasteiger partial charge in [-0.3, -0.25) is 0 Å². The Labute approximate surface area is 285 Å². The van der Waals surface area contributed by atoms with Crippen molar-refractivity contribution in [3.8, 4) is 0 Å². The summed E-state index contributed by atoms with van der Waals surface area (Å²) in [6, 6.07) is 0. The Balaban J connectivity index is 1.03. The van der Waals surface area contributed by atoms with Crippen LogP contribution in [0.15, 0.2) is 11.6 Å². The highest BCUT2D eigenvalue weighted by molar-refractivity contribution is 7.80. The fourth-order valence-electron chi connectivity index (χ4n) is 11.2. The summed E-state index contributed by atoms with van der Waals surface area (Å²) in [6.07, 6.45) is 16.3. The van der Waals surface area contributed by atoms with Gasteiger partial charge in [-0.05, 0) is 111 Å². The maximum absolute atomic E-state index is 10.5. The van der Waals surface area contributed by atoms with Crippen molar-refractivity contribution in [1.82, 2.24) is 0 Å². The lowest BCUT2D eigenvalue weighted by molar-refractivity contribution is -0.221. The summed E-state index contributed by atoms with van der Waals surface area (Å²) in [5, 5.41) is 40.5. The van der Waals surface area contributed by atoms with Gasteiger partial charge in [0.15, 0.2) is 0 Å². The fraction of sp³-hybridized carbons (Fsp3) is 0.949. The van der Waals surface area contributed by atoms with Crippen molar-refractivity contribution >= 4 is 12.6 Å². The maximum Gasteiger partial charge on any atom is 0.129 e. The molecule has 1 aliphatic heterocycles. The highest BCUT2D eigenvalue weighted by Crippen LogP contribution is 2.67. The first-order valence-electron chi connectivity index (χ1n) is 19.2. The van der Waals surface area contributed by atoms with Crippen LogP contribution in [0.5, 0.6) is 0 Å². The summed E-state index contributed by atoms with van der Waals surface area (Å²) < 4.78 is 11.9. The molecule has 14 atom stereocenters. The number of ether oxygens (including phenoxy) is 2. The predicted molar refractivity (Wildman–Crippen MR) is 188 cm³/mol. The molecular weight excluding hydrogens is 596 g/mol. The van der Waals surface area contributed by atoms with Crippen LogP contribution < -0.4 is 0 Å². The van der Waals surface area contributed by atoms with Gasteiger partial charge in [0.25, 0.3) is 0 Å². The van der Waals surface area contributed by atoms with Crippen LogP contribution in [0.2, 0.25) is 0 Å². The van der Waals surface area contributed by atoms with E-state index in [0.717, 1.165) is 74.2 Å². The first-order chi connectivity index (χ1) is 21.9. The van der Waals surface area contributed by atoms with Crippen LogP contribution in [-0.2, 0) is 9.47 Å². The molecule has 5 rings (SSSR count). The van der Waals surface area contributed by atoms with Crippen LogP contribution in [0.4, 0.5) is 0 Å². The molecule has 0 aromatic carbocycles. The lowest BCUT2D eigenvalue weighted by Crippen LogP contribution is -2.59. The van der Waals surface area contributed by atoms with Crippen LogP contribution >= 0.6 is 12.6 Å². The van der Waals surface area contributed by atoms with Gasteiger partial charge < -0.3 is 29.9 Å². The zero-order chi connectivity index (χ0) is 33.2. The van der Waals surface area contributed by atoms with Gasteiger partial charge in [-0.25, -0.2) is 0 Å². The van der Waals surface area contributed by atoms with Crippen molar-refractivity contribution in [3.05, 3.63) is 11.6 Å². The molecule has 7 heteroatoms. The van der Waals surface area contributed by atoms with E-state index in [-0.39, 0.29) is 0 Å². The van der Waals surface area contributed by atoms with Crippen molar-refractivity contribution in [2.45, 2.75) is 179 Å². The Morgan fingerprint density at radius 3 is 2.39 bits per heavy atom. The third-order valence-corrected chi connectivity index (χ3v) is 14.4. The first-order valence-corrected chi connectivity index (χ1v) is 19.7. The molecule has 4 unspecified atom stereocenters. The number of allylic oxidation sites excluding steroid dienone is 1. The predicted octanol–water partition coefficient (Wildman–Crippen LogP) is 7.46. The summed E-state index contributed by atoms with van der Waals surface area (Å²) in [7, 11) is 0. The number of fused-ring (bicyclic) bond motifs is 5. The van der Waals surface area contributed by atoms with Crippen molar-refractivity contribution in [2.24, 2.45) is 46.3 Å². The summed E-state index contributed by atoms with van der Waals surface area (Å²) in [4.78, 5) is 0. The van der Waals surface area contributed by atoms with Crippen molar-refractivity contribution in [1.29, 1.82) is 0 Å². The highest BCUT2D eigenvalue weighted by Gasteiger charge is 2.59. The highest BCUT2D eigenvalue weighted by atomic mass is 32.1. The number of hydrogen-bond acceptors (Lipinski definition) is 7. The summed E-state index contributed by atoms with van der Waals surface area (Å²) in [5.74, 6) is 5.25. The monoisotopic (exact) mass is 664 g/mol. The normalized spacial score (nSPS) is 43.8. The minimum absolute atomic E-state index is 0.343. The van der Waals surface area contributed by atoms with E-state index in [1.807, 2.05) is 0 Å². The third-order valence-electron chi connectivity index (χ3n) is 14.0. The van der Waals surface area contributed by atoms with E-state index < -0.39 is 36.0 Å². The van der Waals surface area contributed by atoms with Gasteiger partial charge in [0.1, 0.15) is 29.9 Å². The molecule has 0 amide bonds. The molecule has 46 heavy (non-hydrogen) atoms. The minimum atomic E-state index is -1.37. The first kappa shape index (κ1) is 37.1. The quantitative estimate of drug-likeness (QED) is 0.0751. The standard InChI is InChI=1S/C39H68O6S/c1-24(2)11-10-12-25(3)29-16-17-30-28-15-14-26-23-27(18-20-38(26,4)31(28)19-21-39(29,30)5)44-22-9-7-6-8-13-32(40)36-34(42)33(41)35(43)37(46)45-36/h14,24-25,27-37,40-43,46H,6-13,15-23H2,1-5H3/t25-,27-,28?,29-,30?,31?,32?,33+,34+,35+,36-,37+,38+,39-/m1/s1. The van der Waals surface area contributed by atoms with Crippen LogP contribution in [0.25, 0.3) is 0 Å². The van der Waals surface area contributed by atoms with E-state index >= 15 is 0 Å². The molecule has 3 saturated carbocycles. The molecule has 0 aromatic heterocycles. The topological polar surface area (TPSA) is 99.4 Å². The molecule has 0 aromatic rings. The zero-order valence-corrected chi connectivity index (χ0v) is 30.6. The van der Waals surface area contributed by atoms with Crippen LogP contribution in [0, 0.1) is 46.3 Å². The molecule has 5 aliphatic rings. The summed E-state index contributed by atoms with van der Waals surface area (Å²) in [6.45, 7) is 13.4. The molecule has 4 aliphatic carbocycles. The van der Waals surface area contributed by atoms with Crippen molar-refractivity contribution in [3.63, 3.8) is 0 Å². The maximum atomic E-state index is 10.5. The molecule has 1 heterocycles. The minimum Gasteiger partial charge on any atom is -0.390 e. The van der Waals surface area contributed by atoms with Gasteiger partial charge in [0.2, 0.25) is 0 Å². The van der Waals surface area contributed by atoms with Gasteiger partial charge in [-0.2, -0.15) is 0 Å². The second-order valence-corrected chi connectivity index (χ2v) is 17.8. The number of aliphatic hydroxyl groups excluding tert-OH is 4. The smallest absolute Gasteiger partial charge is 0.129 e. The number of thiol groups is 1. The summed E-state index contributed by atoms with van der Waals surface area (Å²) >= 11 is 4.12. The van der Waals surface area contributed by atoms with Gasteiger partial charge in [-0.1, -0.05) is 84.8 Å². The van der Waals surface area contributed by atoms with Gasteiger partial charge in [-0.15, -0.1) is 12.6 Å². The Kier molecular flexibility index (Phi) is 12.8. The van der Waals surface area contributed by atoms with E-state index in [9.17, 15) is 20.4 Å². The molecule has 6 nitrogen and oxygen atoms in total. The van der Waals surface area contributed by atoms with E-state index in [1.54, 1.807) is 5.57 Å². The average Bonchev–Trinajstić information content (AvgIpc) is 3.38. The largest absolute Gasteiger partial charge is 0.390 e. The number of hydrogen-bond donors (Lipinski definition) is 5. The average molecular weight is 665 g/mol. The Bertz CT molecular complexity index is 1000. The van der Waals surface area contributed by atoms with Crippen molar-refractivity contribution in [2.75, 3.05) is 6.61 Å². The zero-order valence-electron chi connectivity index (χ0n) is 29.7. The second kappa shape index (κ2) is 15.8. The Morgan fingerprint density at radius 2 is 1.63 bits per heavy atom. The van der Waals surface area contributed by atoms with Crippen LogP contribution in [0.1, 0.15) is 137 Å². The lowest BCUT2D eigenvalue weighted by Gasteiger charge is -2.58. The number of aliphatic hydroxyl groups is 4. The molecule has 266 valence electrons. The second-order valence-electron chi connectivity index (χ2n) is 17.3. The molecule has 0 spiro atoms. The Hall–Kier alpha value is -0.150. The van der Waals surface area contributed by atoms with Crippen LogP contribution in [-0.4, -0.2) is 69.1 Å². The SMILES string of the molecule is CC(C)CCC[C@@H](C)[C@H]1CCC2C3CC=C4C[C@H](OCCCCCCC(O)[C@H]5O[C@@H](S)[C@@H](O)[C@@H](O)[C@@H]5O)CC[C@]4(C)C3CC[C@@]21C. The lowest BCUT2D eigenvalue weighted by atomic mass is 9.47. The van der Waals surface area contributed by atoms with E-state index in [1.165, 1.54) is 64.2 Å². The van der Waals surface area contributed by atoms with E-state index in [0.29, 0.717) is 23.4 Å². The molecule has 1 saturated heterocycles. The van der Waals surface area contributed by atoms with Gasteiger partial charge >= 0.3 is 0 Å². The third kappa shape index (κ3) is 7.76. The molecule has 0 radical (unpaired) electrons. The summed E-state index contributed by atoms with van der Waals surface area (Å²) in [5.41, 5.74) is 1.69. The fourth-order valence-corrected chi connectivity index (χ4v) is 11.5. The Morgan fingerprint density at radius 1 is 0.870 bits per heavy atom.